The van der Waals surface area contributed by atoms with Crippen LogP contribution in [0.15, 0.2) is 30.3 Å². The van der Waals surface area contributed by atoms with E-state index in [1.165, 1.54) is 0 Å². The number of ether oxygens (including phenoxy) is 2. The molecule has 1 amide bonds. The second kappa shape index (κ2) is 9.94. The molecule has 0 atom stereocenters. The van der Waals surface area contributed by atoms with Gasteiger partial charge in [-0.2, -0.15) is 0 Å². The number of benzene rings is 1. The fraction of sp³-hybridized carbons (Fsp3) is 0.500. The predicted octanol–water partition coefficient (Wildman–Crippen LogP) is 2.00. The fourth-order valence-electron chi connectivity index (χ4n) is 1.90. The fourth-order valence-corrected chi connectivity index (χ4v) is 1.90. The monoisotopic (exact) mass is 293 g/mol. The van der Waals surface area contributed by atoms with Crippen molar-refractivity contribution in [1.82, 2.24) is 4.90 Å². The molecule has 0 aliphatic rings. The van der Waals surface area contributed by atoms with Gasteiger partial charge in [-0.15, -0.1) is 0 Å². The topological polar surface area (TPSA) is 55.8 Å². The minimum absolute atomic E-state index is 0.0658. The van der Waals surface area contributed by atoms with E-state index in [4.69, 9.17) is 9.47 Å². The zero-order valence-electron chi connectivity index (χ0n) is 12.7. The number of hydrogen-bond acceptors (Lipinski definition) is 4. The van der Waals surface area contributed by atoms with Crippen molar-refractivity contribution in [2.45, 2.75) is 26.3 Å². The molecule has 1 aromatic rings. The van der Waals surface area contributed by atoms with Crippen LogP contribution >= 0.6 is 0 Å². The van der Waals surface area contributed by atoms with Crippen molar-refractivity contribution >= 4 is 11.9 Å². The summed E-state index contributed by atoms with van der Waals surface area (Å²) in [6.45, 7) is 3.58. The molecule has 1 rings (SSSR count). The maximum Gasteiger partial charge on any atom is 0.306 e. The summed E-state index contributed by atoms with van der Waals surface area (Å²) in [6, 6.07) is 9.75. The molecule has 116 valence electrons. The van der Waals surface area contributed by atoms with Crippen molar-refractivity contribution in [3.8, 4) is 0 Å². The van der Waals surface area contributed by atoms with E-state index in [0.29, 0.717) is 26.3 Å². The van der Waals surface area contributed by atoms with Crippen LogP contribution in [0.5, 0.6) is 0 Å². The first-order chi connectivity index (χ1) is 10.2. The Morgan fingerprint density at radius 3 is 2.48 bits per heavy atom. The molecule has 0 saturated heterocycles. The van der Waals surface area contributed by atoms with Gasteiger partial charge in [0.15, 0.2) is 0 Å². The number of methoxy groups -OCH3 is 1. The number of amides is 1. The van der Waals surface area contributed by atoms with Gasteiger partial charge in [-0.3, -0.25) is 9.59 Å². The molecule has 0 heterocycles. The van der Waals surface area contributed by atoms with Gasteiger partial charge in [0, 0.05) is 26.6 Å². The van der Waals surface area contributed by atoms with E-state index in [1.807, 2.05) is 30.3 Å². The molecule has 0 spiro atoms. The molecule has 0 aliphatic carbocycles. The van der Waals surface area contributed by atoms with Crippen LogP contribution in [0.4, 0.5) is 0 Å². The minimum Gasteiger partial charge on any atom is -0.466 e. The second-order valence-corrected chi connectivity index (χ2v) is 4.60. The summed E-state index contributed by atoms with van der Waals surface area (Å²) in [5.41, 5.74) is 1.05. The van der Waals surface area contributed by atoms with E-state index < -0.39 is 0 Å². The van der Waals surface area contributed by atoms with Gasteiger partial charge in [-0.1, -0.05) is 30.3 Å². The van der Waals surface area contributed by atoms with Crippen LogP contribution < -0.4 is 0 Å². The molecule has 0 aromatic heterocycles. The normalized spacial score (nSPS) is 10.2. The van der Waals surface area contributed by atoms with E-state index in [2.05, 4.69) is 0 Å². The molecular formula is C16H23NO4. The van der Waals surface area contributed by atoms with Gasteiger partial charge < -0.3 is 14.4 Å². The first-order valence-electron chi connectivity index (χ1n) is 7.13. The summed E-state index contributed by atoms with van der Waals surface area (Å²) < 4.78 is 9.88. The third-order valence-corrected chi connectivity index (χ3v) is 2.98. The van der Waals surface area contributed by atoms with E-state index in [-0.39, 0.29) is 24.7 Å². The highest BCUT2D eigenvalue weighted by Crippen LogP contribution is 2.07. The Balaban J connectivity index is 2.55. The first kappa shape index (κ1) is 17.2. The lowest BCUT2D eigenvalue weighted by Crippen LogP contribution is -2.33. The highest BCUT2D eigenvalue weighted by atomic mass is 16.5. The summed E-state index contributed by atoms with van der Waals surface area (Å²) >= 11 is 0. The number of hydrogen-bond donors (Lipinski definition) is 0. The smallest absolute Gasteiger partial charge is 0.306 e. The van der Waals surface area contributed by atoms with Crippen LogP contribution in [0.25, 0.3) is 0 Å². The Hall–Kier alpha value is -1.88. The third-order valence-electron chi connectivity index (χ3n) is 2.98. The number of esters is 1. The van der Waals surface area contributed by atoms with Gasteiger partial charge in [0.25, 0.3) is 0 Å². The molecule has 0 bridgehead atoms. The van der Waals surface area contributed by atoms with Crippen molar-refractivity contribution in [2.24, 2.45) is 0 Å². The summed E-state index contributed by atoms with van der Waals surface area (Å²) in [7, 11) is 1.60. The van der Waals surface area contributed by atoms with Gasteiger partial charge in [0.05, 0.1) is 19.6 Å². The standard InChI is InChI=1S/C16H23NO4/c1-3-21-16(19)10-9-15(18)17(11-12-20-2)13-14-7-5-4-6-8-14/h4-8H,3,9-13H2,1-2H3. The second-order valence-electron chi connectivity index (χ2n) is 4.60. The predicted molar refractivity (Wildman–Crippen MR) is 79.6 cm³/mol. The van der Waals surface area contributed by atoms with E-state index in [0.717, 1.165) is 5.56 Å². The molecule has 1 aromatic carbocycles. The lowest BCUT2D eigenvalue weighted by molar-refractivity contribution is -0.145. The number of carbonyl (C=O) groups is 2. The molecule has 0 saturated carbocycles. The molecule has 5 nitrogen and oxygen atoms in total. The minimum atomic E-state index is -0.336. The molecule has 0 aliphatic heterocycles. The molecule has 0 unspecified atom stereocenters. The number of carbonyl (C=O) groups excluding carboxylic acids is 2. The molecule has 0 N–H and O–H groups in total. The van der Waals surface area contributed by atoms with Gasteiger partial charge in [-0.05, 0) is 12.5 Å². The van der Waals surface area contributed by atoms with Gasteiger partial charge in [0.2, 0.25) is 5.91 Å². The number of rotatable bonds is 9. The Kier molecular flexibility index (Phi) is 8.12. The lowest BCUT2D eigenvalue weighted by atomic mass is 10.2. The van der Waals surface area contributed by atoms with Crippen molar-refractivity contribution in [3.63, 3.8) is 0 Å². The maximum atomic E-state index is 12.2. The zero-order valence-corrected chi connectivity index (χ0v) is 12.7. The van der Waals surface area contributed by atoms with Crippen LogP contribution in [0.2, 0.25) is 0 Å². The Morgan fingerprint density at radius 2 is 1.86 bits per heavy atom. The van der Waals surface area contributed by atoms with E-state index >= 15 is 0 Å². The Labute approximate surface area is 125 Å². The van der Waals surface area contributed by atoms with Crippen molar-refractivity contribution < 1.29 is 19.1 Å². The zero-order chi connectivity index (χ0) is 15.5. The SMILES string of the molecule is CCOC(=O)CCC(=O)N(CCOC)Cc1ccccc1. The Bertz CT molecular complexity index is 433. The highest BCUT2D eigenvalue weighted by Gasteiger charge is 2.15. The average Bonchev–Trinajstić information content (AvgIpc) is 2.50. The van der Waals surface area contributed by atoms with Crippen LogP contribution in [0.3, 0.4) is 0 Å². The van der Waals surface area contributed by atoms with E-state index in [1.54, 1.807) is 18.9 Å². The Morgan fingerprint density at radius 1 is 1.14 bits per heavy atom. The summed E-state index contributed by atoms with van der Waals surface area (Å²) in [6.07, 6.45) is 0.278. The summed E-state index contributed by atoms with van der Waals surface area (Å²) in [5.74, 6) is -0.402. The molecule has 0 radical (unpaired) electrons. The van der Waals surface area contributed by atoms with Crippen LogP contribution in [-0.4, -0.2) is 43.6 Å². The molecule has 21 heavy (non-hydrogen) atoms. The van der Waals surface area contributed by atoms with Crippen molar-refractivity contribution in [2.75, 3.05) is 26.9 Å². The van der Waals surface area contributed by atoms with E-state index in [9.17, 15) is 9.59 Å². The maximum absolute atomic E-state index is 12.2. The summed E-state index contributed by atoms with van der Waals surface area (Å²) in [4.78, 5) is 25.3. The highest BCUT2D eigenvalue weighted by molar-refractivity contribution is 5.81. The summed E-state index contributed by atoms with van der Waals surface area (Å²) in [5, 5.41) is 0. The molecule has 0 fully saturated rings. The van der Waals surface area contributed by atoms with Gasteiger partial charge in [-0.25, -0.2) is 0 Å². The third kappa shape index (κ3) is 6.90. The van der Waals surface area contributed by atoms with Crippen LogP contribution in [0, 0.1) is 0 Å². The van der Waals surface area contributed by atoms with Gasteiger partial charge in [0.1, 0.15) is 0 Å². The lowest BCUT2D eigenvalue weighted by Gasteiger charge is -2.22. The van der Waals surface area contributed by atoms with Gasteiger partial charge >= 0.3 is 5.97 Å². The van der Waals surface area contributed by atoms with Crippen LogP contribution in [-0.2, 0) is 25.6 Å². The quantitative estimate of drug-likeness (QED) is 0.654. The molecular weight excluding hydrogens is 270 g/mol. The van der Waals surface area contributed by atoms with Crippen molar-refractivity contribution in [1.29, 1.82) is 0 Å². The van der Waals surface area contributed by atoms with Crippen molar-refractivity contribution in [3.05, 3.63) is 35.9 Å². The number of nitrogens with zero attached hydrogens (tertiary/aromatic N) is 1. The first-order valence-corrected chi connectivity index (χ1v) is 7.13. The largest absolute Gasteiger partial charge is 0.466 e. The van der Waals surface area contributed by atoms with Crippen LogP contribution in [0.1, 0.15) is 25.3 Å². The average molecular weight is 293 g/mol. The molecule has 5 heteroatoms.